The van der Waals surface area contributed by atoms with Crippen LogP contribution < -0.4 is 5.48 Å². The summed E-state index contributed by atoms with van der Waals surface area (Å²) in [5.41, 5.74) is 5.77. The van der Waals surface area contributed by atoms with Crippen molar-refractivity contribution in [1.29, 1.82) is 0 Å². The monoisotopic (exact) mass is 331 g/mol. The fourth-order valence-corrected chi connectivity index (χ4v) is 5.10. The molecule has 4 atom stereocenters. The number of hydrogen-bond acceptors (Lipinski definition) is 3. The lowest BCUT2D eigenvalue weighted by Crippen LogP contribution is -2.33. The summed E-state index contributed by atoms with van der Waals surface area (Å²) in [6, 6.07) is 7.80. The van der Waals surface area contributed by atoms with Crippen LogP contribution in [0.25, 0.3) is 0 Å². The van der Waals surface area contributed by atoms with Gasteiger partial charge in [0, 0.05) is 5.41 Å². The molecule has 0 heterocycles. The zero-order chi connectivity index (χ0) is 17.5. The van der Waals surface area contributed by atoms with Gasteiger partial charge >= 0.3 is 5.97 Å². The van der Waals surface area contributed by atoms with Crippen LogP contribution in [0.4, 0.5) is 0 Å². The zero-order valence-electron chi connectivity index (χ0n) is 15.1. The number of carboxylic acid groups (broad SMARTS) is 1. The maximum atomic E-state index is 10.9. The molecule has 0 amide bonds. The Kier molecular flexibility index (Phi) is 4.47. The van der Waals surface area contributed by atoms with Gasteiger partial charge in [-0.25, -0.2) is 0 Å². The topological polar surface area (TPSA) is 58.6 Å². The number of fused-ring (bicyclic) bond motifs is 1. The minimum absolute atomic E-state index is 0.253. The molecule has 1 aromatic rings. The molecule has 132 valence electrons. The normalized spacial score (nSPS) is 32.0. The molecule has 3 rings (SSSR count). The predicted molar refractivity (Wildman–Crippen MR) is 93.4 cm³/mol. The van der Waals surface area contributed by atoms with Gasteiger partial charge in [-0.3, -0.25) is 9.63 Å². The third-order valence-corrected chi connectivity index (χ3v) is 6.51. The highest BCUT2D eigenvalue weighted by atomic mass is 16.6. The molecule has 2 N–H and O–H groups in total. The van der Waals surface area contributed by atoms with E-state index in [9.17, 15) is 4.79 Å². The number of carbonyl (C=O) groups is 1. The highest BCUT2D eigenvalue weighted by Crippen LogP contribution is 2.76. The van der Waals surface area contributed by atoms with E-state index in [0.29, 0.717) is 12.0 Å². The lowest BCUT2D eigenvalue weighted by molar-refractivity contribution is -0.143. The molecule has 0 radical (unpaired) electrons. The summed E-state index contributed by atoms with van der Waals surface area (Å²) in [5.74, 6) is 0.585. The van der Waals surface area contributed by atoms with E-state index in [4.69, 9.17) is 9.94 Å². The average molecular weight is 331 g/mol. The Hall–Kier alpha value is -1.39. The fraction of sp³-hybridized carbons (Fsp3) is 0.650. The van der Waals surface area contributed by atoms with Crippen LogP contribution in [0.15, 0.2) is 24.3 Å². The van der Waals surface area contributed by atoms with Crippen molar-refractivity contribution >= 4 is 5.97 Å². The highest BCUT2D eigenvalue weighted by molar-refractivity contribution is 5.72. The number of benzene rings is 1. The van der Waals surface area contributed by atoms with Gasteiger partial charge in [-0.1, -0.05) is 51.5 Å². The first-order valence-electron chi connectivity index (χ1n) is 8.99. The molecule has 0 saturated heterocycles. The van der Waals surface area contributed by atoms with Crippen LogP contribution >= 0.6 is 0 Å². The molecule has 4 heteroatoms. The standard InChI is InChI=1S/C20H29NO3/c1-13-9-10-17-19(3,4)20(17,11-13)16-8-6-5-7-15(16)12-24-21-14(2)18(22)23/h5-8,13-14,17,21H,9-12H2,1-4H3,(H,22,23)/t13?,14-,17?,20?/m0/s1. The van der Waals surface area contributed by atoms with Crippen molar-refractivity contribution in [3.8, 4) is 0 Å². The Balaban J connectivity index is 1.81. The first kappa shape index (κ1) is 17.4. The second-order valence-electron chi connectivity index (χ2n) is 8.26. The summed E-state index contributed by atoms with van der Waals surface area (Å²) < 4.78 is 0. The zero-order valence-corrected chi connectivity index (χ0v) is 15.1. The van der Waals surface area contributed by atoms with Crippen LogP contribution in [0.5, 0.6) is 0 Å². The number of aliphatic carboxylic acids is 1. The van der Waals surface area contributed by atoms with E-state index in [1.807, 2.05) is 6.07 Å². The molecular weight excluding hydrogens is 302 g/mol. The molecule has 1 aromatic carbocycles. The minimum atomic E-state index is -0.911. The van der Waals surface area contributed by atoms with Crippen LogP contribution in [-0.2, 0) is 21.7 Å². The fourth-order valence-electron chi connectivity index (χ4n) is 5.10. The van der Waals surface area contributed by atoms with E-state index < -0.39 is 12.0 Å². The van der Waals surface area contributed by atoms with Gasteiger partial charge in [0.1, 0.15) is 6.04 Å². The molecule has 0 aromatic heterocycles. The summed E-state index contributed by atoms with van der Waals surface area (Å²) in [6.07, 6.45) is 3.87. The number of nitrogens with one attached hydrogen (secondary N) is 1. The van der Waals surface area contributed by atoms with Crippen molar-refractivity contribution in [3.05, 3.63) is 35.4 Å². The lowest BCUT2D eigenvalue weighted by atomic mass is 9.74. The van der Waals surface area contributed by atoms with Gasteiger partial charge in [-0.15, -0.1) is 0 Å². The molecule has 0 aliphatic heterocycles. The molecule has 24 heavy (non-hydrogen) atoms. The van der Waals surface area contributed by atoms with Crippen LogP contribution in [-0.4, -0.2) is 17.1 Å². The van der Waals surface area contributed by atoms with E-state index in [1.165, 1.54) is 30.4 Å². The molecule has 2 aliphatic rings. The molecule has 0 spiro atoms. The molecule has 2 saturated carbocycles. The highest BCUT2D eigenvalue weighted by Gasteiger charge is 2.72. The van der Waals surface area contributed by atoms with Crippen molar-refractivity contribution in [1.82, 2.24) is 5.48 Å². The second kappa shape index (κ2) is 6.16. The molecule has 2 fully saturated rings. The Morgan fingerprint density at radius 1 is 1.38 bits per heavy atom. The summed E-state index contributed by atoms with van der Waals surface area (Å²) in [6.45, 7) is 9.14. The van der Waals surface area contributed by atoms with Gasteiger partial charge in [0.25, 0.3) is 0 Å². The van der Waals surface area contributed by atoms with Gasteiger partial charge in [0.2, 0.25) is 0 Å². The largest absolute Gasteiger partial charge is 0.480 e. The summed E-state index contributed by atoms with van der Waals surface area (Å²) >= 11 is 0. The molecule has 2 aliphatic carbocycles. The van der Waals surface area contributed by atoms with Crippen molar-refractivity contribution in [3.63, 3.8) is 0 Å². The van der Waals surface area contributed by atoms with Gasteiger partial charge in [0.05, 0.1) is 6.61 Å². The van der Waals surface area contributed by atoms with Gasteiger partial charge in [0.15, 0.2) is 0 Å². The maximum absolute atomic E-state index is 10.9. The average Bonchev–Trinajstić information content (AvgIpc) is 3.03. The number of hydrogen-bond donors (Lipinski definition) is 2. The van der Waals surface area contributed by atoms with E-state index in [-0.39, 0.29) is 5.41 Å². The molecular formula is C20H29NO3. The van der Waals surface area contributed by atoms with E-state index in [1.54, 1.807) is 6.92 Å². The van der Waals surface area contributed by atoms with Crippen LogP contribution in [0, 0.1) is 17.3 Å². The molecule has 0 bridgehead atoms. The lowest BCUT2D eigenvalue weighted by Gasteiger charge is -2.30. The Morgan fingerprint density at radius 2 is 2.08 bits per heavy atom. The Labute approximate surface area is 144 Å². The van der Waals surface area contributed by atoms with Crippen LogP contribution in [0.2, 0.25) is 0 Å². The van der Waals surface area contributed by atoms with Crippen LogP contribution in [0.1, 0.15) is 58.1 Å². The van der Waals surface area contributed by atoms with Crippen molar-refractivity contribution in [2.45, 2.75) is 65.0 Å². The number of hydroxylamine groups is 1. The summed E-state index contributed by atoms with van der Waals surface area (Å²) in [7, 11) is 0. The molecule has 4 nitrogen and oxygen atoms in total. The summed E-state index contributed by atoms with van der Waals surface area (Å²) in [4.78, 5) is 16.4. The third-order valence-electron chi connectivity index (χ3n) is 6.51. The van der Waals surface area contributed by atoms with Crippen LogP contribution in [0.3, 0.4) is 0 Å². The quantitative estimate of drug-likeness (QED) is 0.776. The van der Waals surface area contributed by atoms with Gasteiger partial charge in [-0.2, -0.15) is 5.48 Å². The van der Waals surface area contributed by atoms with E-state index in [2.05, 4.69) is 44.5 Å². The Bertz CT molecular complexity index is 627. The third kappa shape index (κ3) is 2.66. The van der Waals surface area contributed by atoms with Crippen molar-refractivity contribution in [2.24, 2.45) is 17.3 Å². The summed E-state index contributed by atoms with van der Waals surface area (Å²) in [5, 5.41) is 8.94. The van der Waals surface area contributed by atoms with Crippen molar-refractivity contribution in [2.75, 3.05) is 0 Å². The maximum Gasteiger partial charge on any atom is 0.322 e. The van der Waals surface area contributed by atoms with Gasteiger partial charge < -0.3 is 5.11 Å². The SMILES string of the molecule is CC1CCC2C(C)(C)C2(c2ccccc2CON[C@@H](C)C(=O)O)C1. The smallest absolute Gasteiger partial charge is 0.322 e. The van der Waals surface area contributed by atoms with E-state index in [0.717, 1.165) is 11.8 Å². The first-order chi connectivity index (χ1) is 11.3. The second-order valence-corrected chi connectivity index (χ2v) is 8.26. The first-order valence-corrected chi connectivity index (χ1v) is 8.99. The van der Waals surface area contributed by atoms with Crippen molar-refractivity contribution < 1.29 is 14.7 Å². The number of rotatable bonds is 6. The minimum Gasteiger partial charge on any atom is -0.480 e. The predicted octanol–water partition coefficient (Wildman–Crippen LogP) is 3.89. The Morgan fingerprint density at radius 3 is 2.79 bits per heavy atom. The van der Waals surface area contributed by atoms with E-state index >= 15 is 0 Å². The molecule has 3 unspecified atom stereocenters. The van der Waals surface area contributed by atoms with Gasteiger partial charge in [-0.05, 0) is 48.1 Å². The number of carboxylic acids is 1.